The van der Waals surface area contributed by atoms with Crippen molar-refractivity contribution in [2.75, 3.05) is 30.3 Å². The monoisotopic (exact) mass is 379 g/mol. The molecule has 2 aliphatic rings. The molecule has 0 aromatic carbocycles. The second-order valence-corrected chi connectivity index (χ2v) is 8.89. The highest BCUT2D eigenvalue weighted by atomic mass is 32.2. The van der Waals surface area contributed by atoms with Gasteiger partial charge in [-0.05, 0) is 19.3 Å². The molecule has 1 atom stereocenters. The van der Waals surface area contributed by atoms with Crippen molar-refractivity contribution in [2.45, 2.75) is 44.3 Å². The van der Waals surface area contributed by atoms with Crippen LogP contribution in [0, 0.1) is 5.82 Å². The van der Waals surface area contributed by atoms with Gasteiger partial charge in [-0.2, -0.15) is 0 Å². The fraction of sp³-hybridized carbons (Fsp3) is 0.588. The van der Waals surface area contributed by atoms with E-state index in [4.69, 9.17) is 0 Å². The zero-order valence-electron chi connectivity index (χ0n) is 14.9. The van der Waals surface area contributed by atoms with E-state index in [2.05, 4.69) is 25.2 Å². The first-order valence-corrected chi connectivity index (χ1v) is 10.7. The van der Waals surface area contributed by atoms with Crippen molar-refractivity contribution in [1.29, 1.82) is 0 Å². The van der Waals surface area contributed by atoms with Gasteiger partial charge in [-0.1, -0.05) is 13.8 Å². The van der Waals surface area contributed by atoms with Gasteiger partial charge in [0.25, 0.3) is 0 Å². The van der Waals surface area contributed by atoms with Gasteiger partial charge in [0.1, 0.15) is 11.3 Å². The summed E-state index contributed by atoms with van der Waals surface area (Å²) in [6, 6.07) is 0.182. The van der Waals surface area contributed by atoms with Crippen molar-refractivity contribution in [3.63, 3.8) is 0 Å². The number of aromatic nitrogens is 3. The Balaban J connectivity index is 2.08. The predicted octanol–water partition coefficient (Wildman–Crippen LogP) is 1.24. The Hall–Kier alpha value is -1.87. The molecule has 2 aliphatic heterocycles. The Bertz CT molecular complexity index is 979. The molecule has 140 valence electrons. The molecule has 0 bridgehead atoms. The summed E-state index contributed by atoms with van der Waals surface area (Å²) in [4.78, 5) is 15.2. The van der Waals surface area contributed by atoms with Crippen LogP contribution in [0.15, 0.2) is 5.16 Å². The minimum atomic E-state index is -3.65. The Morgan fingerprint density at radius 2 is 2.08 bits per heavy atom. The number of halogens is 1. The molecule has 1 saturated heterocycles. The first kappa shape index (κ1) is 17.5. The summed E-state index contributed by atoms with van der Waals surface area (Å²) in [6.45, 7) is 5.63. The lowest BCUT2D eigenvalue weighted by Crippen LogP contribution is -2.51. The van der Waals surface area contributed by atoms with E-state index in [9.17, 15) is 8.42 Å². The van der Waals surface area contributed by atoms with Crippen LogP contribution in [0.25, 0.3) is 10.9 Å². The summed E-state index contributed by atoms with van der Waals surface area (Å²) in [6.07, 6.45) is 1.98. The number of sulfone groups is 1. The van der Waals surface area contributed by atoms with Crippen LogP contribution in [0.5, 0.6) is 0 Å². The Kier molecular flexibility index (Phi) is 4.31. The molecular formula is C17H22FN5O2S. The van der Waals surface area contributed by atoms with Crippen LogP contribution in [-0.4, -0.2) is 54.8 Å². The number of anilines is 1. The lowest BCUT2D eigenvalue weighted by atomic mass is 10.1. The van der Waals surface area contributed by atoms with Gasteiger partial charge in [0.15, 0.2) is 5.82 Å². The van der Waals surface area contributed by atoms with E-state index in [0.29, 0.717) is 36.3 Å². The summed E-state index contributed by atoms with van der Waals surface area (Å²) in [7, 11) is -3.65. The van der Waals surface area contributed by atoms with E-state index >= 15 is 4.39 Å². The minimum absolute atomic E-state index is 0.0862. The molecule has 0 aliphatic carbocycles. The molecule has 0 saturated carbocycles. The van der Waals surface area contributed by atoms with E-state index in [1.54, 1.807) is 6.92 Å². The van der Waals surface area contributed by atoms with Gasteiger partial charge in [-0.25, -0.2) is 22.8 Å². The lowest BCUT2D eigenvalue weighted by molar-refractivity contribution is 0.454. The summed E-state index contributed by atoms with van der Waals surface area (Å²) in [5.41, 5.74) is 1.18. The fourth-order valence-electron chi connectivity index (χ4n) is 3.75. The third kappa shape index (κ3) is 2.64. The van der Waals surface area contributed by atoms with Crippen LogP contribution >= 0.6 is 0 Å². The topological polar surface area (TPSA) is 88.1 Å². The van der Waals surface area contributed by atoms with Crippen molar-refractivity contribution in [2.24, 2.45) is 0 Å². The van der Waals surface area contributed by atoms with E-state index in [1.807, 2.05) is 6.92 Å². The lowest BCUT2D eigenvalue weighted by Gasteiger charge is -2.36. The van der Waals surface area contributed by atoms with Gasteiger partial charge in [0.2, 0.25) is 15.0 Å². The van der Waals surface area contributed by atoms with Crippen LogP contribution in [0.3, 0.4) is 0 Å². The van der Waals surface area contributed by atoms with Crippen LogP contribution in [-0.2, 0) is 22.7 Å². The molecule has 2 aromatic heterocycles. The number of nitrogens with one attached hydrogen (secondary N) is 1. The second kappa shape index (κ2) is 6.38. The normalized spacial score (nSPS) is 20.1. The number of rotatable bonds is 3. The third-order valence-electron chi connectivity index (χ3n) is 5.22. The van der Waals surface area contributed by atoms with Gasteiger partial charge in [-0.15, -0.1) is 0 Å². The van der Waals surface area contributed by atoms with Crippen LogP contribution in [0.2, 0.25) is 0 Å². The number of aryl methyl sites for hydroxylation is 2. The number of pyridine rings is 1. The Labute approximate surface area is 152 Å². The number of piperazine rings is 1. The minimum Gasteiger partial charge on any atom is -0.350 e. The Morgan fingerprint density at radius 3 is 2.81 bits per heavy atom. The molecule has 9 heteroatoms. The largest absolute Gasteiger partial charge is 0.350 e. The standard InChI is InChI=1S/C17H22FN5O2S/c1-3-11-14(18)15-13-12(20-11)6-5-10-9-19-7-8-23(10)16(13)22-17(21-15)26(24,25)4-2/h10,19H,3-9H2,1-2H3. The molecule has 0 spiro atoms. The molecular weight excluding hydrogens is 357 g/mol. The molecule has 1 fully saturated rings. The maximum atomic E-state index is 15.0. The van der Waals surface area contributed by atoms with Crippen LogP contribution in [0.4, 0.5) is 10.2 Å². The molecule has 2 aromatic rings. The highest BCUT2D eigenvalue weighted by molar-refractivity contribution is 7.91. The summed E-state index contributed by atoms with van der Waals surface area (Å²) in [5.74, 6) is -0.144. The van der Waals surface area contributed by atoms with Gasteiger partial charge in [-0.3, -0.25) is 4.98 Å². The average Bonchev–Trinajstić information content (AvgIpc) is 2.82. The van der Waals surface area contributed by atoms with Gasteiger partial charge >= 0.3 is 0 Å². The van der Waals surface area contributed by atoms with E-state index in [0.717, 1.165) is 25.2 Å². The smallest absolute Gasteiger partial charge is 0.249 e. The molecule has 1 unspecified atom stereocenters. The van der Waals surface area contributed by atoms with Crippen LogP contribution < -0.4 is 10.2 Å². The van der Waals surface area contributed by atoms with Crippen molar-refractivity contribution in [3.8, 4) is 0 Å². The maximum absolute atomic E-state index is 15.0. The van der Waals surface area contributed by atoms with Gasteiger partial charge < -0.3 is 10.2 Å². The maximum Gasteiger partial charge on any atom is 0.249 e. The summed E-state index contributed by atoms with van der Waals surface area (Å²) >= 11 is 0. The van der Waals surface area contributed by atoms with E-state index < -0.39 is 15.7 Å². The van der Waals surface area contributed by atoms with Gasteiger partial charge in [0.05, 0.1) is 22.5 Å². The Morgan fingerprint density at radius 1 is 1.27 bits per heavy atom. The number of fused-ring (bicyclic) bond motifs is 2. The highest BCUT2D eigenvalue weighted by Gasteiger charge is 2.33. The highest BCUT2D eigenvalue weighted by Crippen LogP contribution is 2.35. The third-order valence-corrected chi connectivity index (χ3v) is 6.72. The number of nitrogens with zero attached hydrogens (tertiary/aromatic N) is 4. The summed E-state index contributed by atoms with van der Waals surface area (Å²) < 4.78 is 39.9. The predicted molar refractivity (Wildman–Crippen MR) is 96.7 cm³/mol. The number of hydrogen-bond acceptors (Lipinski definition) is 7. The molecule has 0 amide bonds. The van der Waals surface area contributed by atoms with Crippen molar-refractivity contribution in [3.05, 3.63) is 17.2 Å². The second-order valence-electron chi connectivity index (χ2n) is 6.72. The number of hydrogen-bond donors (Lipinski definition) is 1. The molecule has 26 heavy (non-hydrogen) atoms. The molecule has 4 heterocycles. The van der Waals surface area contributed by atoms with Crippen molar-refractivity contribution < 1.29 is 12.8 Å². The zero-order valence-corrected chi connectivity index (χ0v) is 15.7. The molecule has 0 radical (unpaired) electrons. The molecule has 7 nitrogen and oxygen atoms in total. The van der Waals surface area contributed by atoms with E-state index in [1.165, 1.54) is 0 Å². The summed E-state index contributed by atoms with van der Waals surface area (Å²) in [5, 5.41) is 3.64. The fourth-order valence-corrected chi connectivity index (χ4v) is 4.46. The van der Waals surface area contributed by atoms with Crippen LogP contribution in [0.1, 0.15) is 31.7 Å². The zero-order chi connectivity index (χ0) is 18.5. The first-order valence-electron chi connectivity index (χ1n) is 9.05. The van der Waals surface area contributed by atoms with E-state index in [-0.39, 0.29) is 22.5 Å². The SMILES string of the molecule is CCc1nc2c3c(nc(S(=O)(=O)CC)nc3c1F)N1CCNCC1CC2. The van der Waals surface area contributed by atoms with Crippen molar-refractivity contribution >= 4 is 26.6 Å². The average molecular weight is 379 g/mol. The quantitative estimate of drug-likeness (QED) is 0.803. The molecule has 1 N–H and O–H groups in total. The molecule has 4 rings (SSSR count). The first-order chi connectivity index (χ1) is 12.5. The van der Waals surface area contributed by atoms with Gasteiger partial charge in [0, 0.05) is 25.7 Å². The van der Waals surface area contributed by atoms with Crippen molar-refractivity contribution in [1.82, 2.24) is 20.3 Å².